The van der Waals surface area contributed by atoms with Gasteiger partial charge in [0.25, 0.3) is 0 Å². The summed E-state index contributed by atoms with van der Waals surface area (Å²) in [5.41, 5.74) is 2.53. The van der Waals surface area contributed by atoms with Gasteiger partial charge in [-0.05, 0) is 56.0 Å². The zero-order valence-electron chi connectivity index (χ0n) is 10.9. The van der Waals surface area contributed by atoms with Gasteiger partial charge in [0, 0.05) is 0 Å². The van der Waals surface area contributed by atoms with Crippen LogP contribution in [0.25, 0.3) is 0 Å². The topological polar surface area (TPSA) is 30.5 Å². The number of aryl methyl sites for hydroxylation is 1. The summed E-state index contributed by atoms with van der Waals surface area (Å²) in [5.74, 6) is 2.35. The molecule has 0 saturated carbocycles. The van der Waals surface area contributed by atoms with Crippen LogP contribution < -0.4 is 14.8 Å². The Labute approximate surface area is 103 Å². The number of hydrogen-bond acceptors (Lipinski definition) is 3. The molecule has 1 saturated heterocycles. The first-order chi connectivity index (χ1) is 8.26. The zero-order valence-corrected chi connectivity index (χ0v) is 10.9. The number of hydrogen-bond donors (Lipinski definition) is 1. The predicted molar refractivity (Wildman–Crippen MR) is 69.1 cm³/mol. The molecule has 0 spiro atoms. The number of benzene rings is 1. The molecule has 0 aliphatic carbocycles. The van der Waals surface area contributed by atoms with Gasteiger partial charge in [0.1, 0.15) is 0 Å². The molecule has 0 radical (unpaired) electrons. The van der Waals surface area contributed by atoms with E-state index in [1.807, 2.05) is 0 Å². The Balaban J connectivity index is 2.31. The van der Waals surface area contributed by atoms with Crippen molar-refractivity contribution in [2.24, 2.45) is 0 Å². The second kappa shape index (κ2) is 5.41. The second-order valence-corrected chi connectivity index (χ2v) is 4.60. The average Bonchev–Trinajstić information content (AvgIpc) is 2.38. The highest BCUT2D eigenvalue weighted by molar-refractivity contribution is 5.49. The number of piperidine rings is 1. The van der Waals surface area contributed by atoms with E-state index >= 15 is 0 Å². The van der Waals surface area contributed by atoms with Crippen molar-refractivity contribution >= 4 is 0 Å². The third-order valence-electron chi connectivity index (χ3n) is 3.50. The molecule has 0 aromatic heterocycles. The van der Waals surface area contributed by atoms with Crippen LogP contribution in [0.4, 0.5) is 0 Å². The largest absolute Gasteiger partial charge is 0.493 e. The van der Waals surface area contributed by atoms with Crippen molar-refractivity contribution in [1.82, 2.24) is 5.32 Å². The van der Waals surface area contributed by atoms with Crippen molar-refractivity contribution in [1.29, 1.82) is 0 Å². The van der Waals surface area contributed by atoms with Gasteiger partial charge in [-0.1, -0.05) is 6.07 Å². The molecule has 1 aromatic carbocycles. The Morgan fingerprint density at radius 3 is 2.41 bits per heavy atom. The van der Waals surface area contributed by atoms with Crippen LogP contribution in [0.15, 0.2) is 12.1 Å². The number of ether oxygens (including phenoxy) is 2. The molecule has 1 heterocycles. The highest BCUT2D eigenvalue weighted by atomic mass is 16.5. The molecule has 1 aliphatic heterocycles. The maximum absolute atomic E-state index is 5.41. The van der Waals surface area contributed by atoms with Gasteiger partial charge >= 0.3 is 0 Å². The Hall–Kier alpha value is -1.22. The Morgan fingerprint density at radius 1 is 1.12 bits per heavy atom. The quantitative estimate of drug-likeness (QED) is 0.873. The van der Waals surface area contributed by atoms with E-state index in [0.29, 0.717) is 5.92 Å². The molecule has 1 N–H and O–H groups in total. The first kappa shape index (κ1) is 12.2. The van der Waals surface area contributed by atoms with E-state index in [1.54, 1.807) is 14.2 Å². The molecule has 1 aliphatic rings. The molecule has 1 fully saturated rings. The van der Waals surface area contributed by atoms with Gasteiger partial charge in [-0.2, -0.15) is 0 Å². The fourth-order valence-corrected chi connectivity index (χ4v) is 2.57. The third kappa shape index (κ3) is 2.55. The van der Waals surface area contributed by atoms with E-state index in [2.05, 4.69) is 24.4 Å². The van der Waals surface area contributed by atoms with Crippen LogP contribution in [-0.4, -0.2) is 27.3 Å². The van der Waals surface area contributed by atoms with Crippen LogP contribution in [0.2, 0.25) is 0 Å². The molecular weight excluding hydrogens is 214 g/mol. The van der Waals surface area contributed by atoms with Crippen LogP contribution in [0.1, 0.15) is 29.9 Å². The van der Waals surface area contributed by atoms with Gasteiger partial charge < -0.3 is 14.8 Å². The average molecular weight is 235 g/mol. The van der Waals surface area contributed by atoms with Crippen molar-refractivity contribution in [2.45, 2.75) is 25.7 Å². The monoisotopic (exact) mass is 235 g/mol. The molecule has 0 atom stereocenters. The summed E-state index contributed by atoms with van der Waals surface area (Å²) in [5, 5.41) is 3.39. The Kier molecular flexibility index (Phi) is 3.89. The minimum atomic E-state index is 0.648. The SMILES string of the molecule is COc1cc(C2CCNCC2)cc(C)c1OC. The van der Waals surface area contributed by atoms with Gasteiger partial charge in [-0.25, -0.2) is 0 Å². The van der Waals surface area contributed by atoms with E-state index in [9.17, 15) is 0 Å². The fraction of sp³-hybridized carbons (Fsp3) is 0.571. The standard InChI is InChI=1S/C14H21NO2/c1-10-8-12(11-4-6-15-7-5-11)9-13(16-2)14(10)17-3/h8-9,11,15H,4-7H2,1-3H3. The molecule has 2 rings (SSSR count). The van der Waals surface area contributed by atoms with Crippen molar-refractivity contribution < 1.29 is 9.47 Å². The molecule has 3 nitrogen and oxygen atoms in total. The molecular formula is C14H21NO2. The molecule has 3 heteroatoms. The maximum atomic E-state index is 5.41. The van der Waals surface area contributed by atoms with Gasteiger partial charge in [0.05, 0.1) is 14.2 Å². The lowest BCUT2D eigenvalue weighted by atomic mass is 9.89. The van der Waals surface area contributed by atoms with E-state index < -0.39 is 0 Å². The van der Waals surface area contributed by atoms with Gasteiger partial charge in [0.15, 0.2) is 11.5 Å². The summed E-state index contributed by atoms with van der Waals surface area (Å²) in [4.78, 5) is 0. The van der Waals surface area contributed by atoms with Crippen LogP contribution in [0.3, 0.4) is 0 Å². The summed E-state index contributed by atoms with van der Waals surface area (Å²) in [6, 6.07) is 4.36. The lowest BCUT2D eigenvalue weighted by Gasteiger charge is -2.24. The van der Waals surface area contributed by atoms with Crippen molar-refractivity contribution in [3.8, 4) is 11.5 Å². The van der Waals surface area contributed by atoms with E-state index in [1.165, 1.54) is 18.4 Å². The van der Waals surface area contributed by atoms with E-state index in [-0.39, 0.29) is 0 Å². The van der Waals surface area contributed by atoms with E-state index in [4.69, 9.17) is 9.47 Å². The Bertz CT molecular complexity index is 384. The number of methoxy groups -OCH3 is 2. The van der Waals surface area contributed by atoms with Crippen LogP contribution in [0, 0.1) is 6.92 Å². The summed E-state index contributed by atoms with van der Waals surface area (Å²) >= 11 is 0. The van der Waals surface area contributed by atoms with E-state index in [0.717, 1.165) is 30.2 Å². The zero-order chi connectivity index (χ0) is 12.3. The van der Waals surface area contributed by atoms with Gasteiger partial charge in [0.2, 0.25) is 0 Å². The molecule has 94 valence electrons. The molecule has 0 bridgehead atoms. The molecule has 0 unspecified atom stereocenters. The fourth-order valence-electron chi connectivity index (χ4n) is 2.57. The first-order valence-corrected chi connectivity index (χ1v) is 6.19. The number of nitrogens with one attached hydrogen (secondary N) is 1. The van der Waals surface area contributed by atoms with Crippen molar-refractivity contribution in [3.63, 3.8) is 0 Å². The highest BCUT2D eigenvalue weighted by Crippen LogP contribution is 2.36. The normalized spacial score (nSPS) is 16.9. The molecule has 1 aromatic rings. The summed E-state index contributed by atoms with van der Waals surface area (Å²) in [7, 11) is 3.39. The lowest BCUT2D eigenvalue weighted by Crippen LogP contribution is -2.26. The second-order valence-electron chi connectivity index (χ2n) is 4.60. The summed E-state index contributed by atoms with van der Waals surface area (Å²) < 4.78 is 10.8. The highest BCUT2D eigenvalue weighted by Gasteiger charge is 2.18. The van der Waals surface area contributed by atoms with Crippen LogP contribution in [0.5, 0.6) is 11.5 Å². The first-order valence-electron chi connectivity index (χ1n) is 6.19. The van der Waals surface area contributed by atoms with Crippen LogP contribution >= 0.6 is 0 Å². The summed E-state index contributed by atoms with van der Waals surface area (Å²) in [6.45, 7) is 4.29. The predicted octanol–water partition coefficient (Wildman–Crippen LogP) is 2.48. The minimum absolute atomic E-state index is 0.648. The minimum Gasteiger partial charge on any atom is -0.493 e. The Morgan fingerprint density at radius 2 is 1.82 bits per heavy atom. The van der Waals surface area contributed by atoms with Crippen molar-refractivity contribution in [3.05, 3.63) is 23.3 Å². The lowest BCUT2D eigenvalue weighted by molar-refractivity contribution is 0.351. The maximum Gasteiger partial charge on any atom is 0.163 e. The number of rotatable bonds is 3. The van der Waals surface area contributed by atoms with Gasteiger partial charge in [-0.3, -0.25) is 0 Å². The molecule has 17 heavy (non-hydrogen) atoms. The van der Waals surface area contributed by atoms with Gasteiger partial charge in [-0.15, -0.1) is 0 Å². The molecule has 0 amide bonds. The third-order valence-corrected chi connectivity index (χ3v) is 3.50. The van der Waals surface area contributed by atoms with Crippen LogP contribution in [-0.2, 0) is 0 Å². The summed E-state index contributed by atoms with van der Waals surface area (Å²) in [6.07, 6.45) is 2.41. The smallest absolute Gasteiger partial charge is 0.163 e. The van der Waals surface area contributed by atoms with Crippen molar-refractivity contribution in [2.75, 3.05) is 27.3 Å².